The Kier molecular flexibility index (Phi) is 3.12. The molecule has 11 heavy (non-hydrogen) atoms. The summed E-state index contributed by atoms with van der Waals surface area (Å²) in [6.07, 6.45) is 0.997. The molecule has 0 aliphatic heterocycles. The van der Waals surface area contributed by atoms with Gasteiger partial charge in [-0.2, -0.15) is 0 Å². The van der Waals surface area contributed by atoms with Crippen molar-refractivity contribution < 1.29 is 0 Å². The van der Waals surface area contributed by atoms with Crippen molar-refractivity contribution in [3.8, 4) is 0 Å². The van der Waals surface area contributed by atoms with E-state index < -0.39 is 0 Å². The number of rotatable bonds is 3. The summed E-state index contributed by atoms with van der Waals surface area (Å²) in [6, 6.07) is 10.7. The molecule has 1 N–H and O–H groups in total. The predicted octanol–water partition coefficient (Wildman–Crippen LogP) is 1.65. The summed E-state index contributed by atoms with van der Waals surface area (Å²) in [5.41, 5.74) is 1.34. The average molecular weight is 148 g/mol. The third-order valence-electron chi connectivity index (χ3n) is 1.73. The zero-order chi connectivity index (χ0) is 8.10. The second kappa shape index (κ2) is 4.14. The first-order chi connectivity index (χ1) is 5.33. The van der Waals surface area contributed by atoms with Gasteiger partial charge in [-0.1, -0.05) is 30.3 Å². The van der Waals surface area contributed by atoms with Gasteiger partial charge in [-0.05, 0) is 26.0 Å². The first-order valence-corrected chi connectivity index (χ1v) is 3.87. The molecule has 0 aliphatic carbocycles. The van der Waals surface area contributed by atoms with Crippen LogP contribution in [0, 0.1) is 6.92 Å². The third kappa shape index (κ3) is 2.72. The minimum atomic E-state index is 0.317. The van der Waals surface area contributed by atoms with Crippen molar-refractivity contribution in [2.75, 3.05) is 7.05 Å². The quantitative estimate of drug-likeness (QED) is 0.687. The van der Waals surface area contributed by atoms with Crippen molar-refractivity contribution >= 4 is 0 Å². The molecule has 0 fully saturated rings. The second-order valence-corrected chi connectivity index (χ2v) is 2.68. The third-order valence-corrected chi connectivity index (χ3v) is 1.73. The summed E-state index contributed by atoms with van der Waals surface area (Å²) in [5, 5.41) is 3.10. The van der Waals surface area contributed by atoms with Crippen molar-refractivity contribution in [2.24, 2.45) is 0 Å². The fourth-order valence-corrected chi connectivity index (χ4v) is 1.00. The molecule has 0 saturated carbocycles. The Morgan fingerprint density at radius 1 is 1.36 bits per heavy atom. The molecular formula is C10H14N. The number of benzene rings is 1. The molecule has 0 aromatic heterocycles. The van der Waals surface area contributed by atoms with Crippen LogP contribution in [0.5, 0.6) is 0 Å². The lowest BCUT2D eigenvalue weighted by molar-refractivity contribution is 0.661. The van der Waals surface area contributed by atoms with Gasteiger partial charge >= 0.3 is 0 Å². The SMILES string of the molecule is [CH2][C@H](Cc1ccccc1)NC. The standard InChI is InChI=1S/C10H14N/c1-9(11-2)8-10-6-4-3-5-7-10/h3-7,9,11H,1,8H2,2H3/t9-/m1/s1. The lowest BCUT2D eigenvalue weighted by Gasteiger charge is -2.08. The fourth-order valence-electron chi connectivity index (χ4n) is 1.00. The molecule has 0 amide bonds. The molecule has 1 radical (unpaired) electrons. The lowest BCUT2D eigenvalue weighted by Crippen LogP contribution is -2.23. The molecular weight excluding hydrogens is 134 g/mol. The highest BCUT2D eigenvalue weighted by Gasteiger charge is 1.97. The molecule has 1 nitrogen and oxygen atoms in total. The first kappa shape index (κ1) is 8.28. The van der Waals surface area contributed by atoms with Crippen LogP contribution in [0.1, 0.15) is 5.56 Å². The van der Waals surface area contributed by atoms with E-state index >= 15 is 0 Å². The second-order valence-electron chi connectivity index (χ2n) is 2.68. The van der Waals surface area contributed by atoms with Gasteiger partial charge < -0.3 is 5.32 Å². The Morgan fingerprint density at radius 2 is 2.00 bits per heavy atom. The van der Waals surface area contributed by atoms with Crippen molar-refractivity contribution in [1.29, 1.82) is 0 Å². The largest absolute Gasteiger partial charge is 0.317 e. The van der Waals surface area contributed by atoms with E-state index in [1.165, 1.54) is 5.56 Å². The first-order valence-electron chi connectivity index (χ1n) is 3.87. The minimum Gasteiger partial charge on any atom is -0.317 e. The molecule has 1 rings (SSSR count). The Morgan fingerprint density at radius 3 is 2.55 bits per heavy atom. The van der Waals surface area contributed by atoms with Gasteiger partial charge in [0, 0.05) is 6.04 Å². The smallest absolute Gasteiger partial charge is 0.0105 e. The maximum absolute atomic E-state index is 3.94. The highest BCUT2D eigenvalue weighted by molar-refractivity contribution is 5.15. The molecule has 0 saturated heterocycles. The van der Waals surface area contributed by atoms with E-state index in [1.807, 2.05) is 13.1 Å². The molecule has 0 spiro atoms. The topological polar surface area (TPSA) is 12.0 Å². The fraction of sp³-hybridized carbons (Fsp3) is 0.300. The van der Waals surface area contributed by atoms with Crippen LogP contribution in [-0.2, 0) is 6.42 Å². The highest BCUT2D eigenvalue weighted by atomic mass is 14.8. The van der Waals surface area contributed by atoms with E-state index in [9.17, 15) is 0 Å². The van der Waals surface area contributed by atoms with Gasteiger partial charge in [0.25, 0.3) is 0 Å². The van der Waals surface area contributed by atoms with Gasteiger partial charge in [0.05, 0.1) is 0 Å². The van der Waals surface area contributed by atoms with E-state index in [0.717, 1.165) is 6.42 Å². The average Bonchev–Trinajstić information content (AvgIpc) is 2.06. The lowest BCUT2D eigenvalue weighted by atomic mass is 10.1. The van der Waals surface area contributed by atoms with Crippen LogP contribution in [0.4, 0.5) is 0 Å². The molecule has 0 unspecified atom stereocenters. The highest BCUT2D eigenvalue weighted by Crippen LogP contribution is 2.01. The van der Waals surface area contributed by atoms with E-state index in [1.54, 1.807) is 0 Å². The van der Waals surface area contributed by atoms with Crippen LogP contribution in [0.3, 0.4) is 0 Å². The van der Waals surface area contributed by atoms with E-state index in [4.69, 9.17) is 0 Å². The summed E-state index contributed by atoms with van der Waals surface area (Å²) in [5.74, 6) is 0. The number of hydrogen-bond acceptors (Lipinski definition) is 1. The maximum atomic E-state index is 3.94. The van der Waals surface area contributed by atoms with Crippen LogP contribution < -0.4 is 5.32 Å². The normalized spacial score (nSPS) is 12.9. The minimum absolute atomic E-state index is 0.317. The molecule has 0 bridgehead atoms. The zero-order valence-electron chi connectivity index (χ0n) is 6.88. The number of likely N-dealkylation sites (N-methyl/N-ethyl adjacent to an activating group) is 1. The van der Waals surface area contributed by atoms with Crippen molar-refractivity contribution in [3.05, 3.63) is 42.8 Å². The van der Waals surface area contributed by atoms with Crippen LogP contribution in [0.25, 0.3) is 0 Å². The van der Waals surface area contributed by atoms with Crippen molar-refractivity contribution in [3.63, 3.8) is 0 Å². The Bertz CT molecular complexity index is 193. The van der Waals surface area contributed by atoms with Crippen LogP contribution in [0.2, 0.25) is 0 Å². The van der Waals surface area contributed by atoms with Gasteiger partial charge in [0.15, 0.2) is 0 Å². The van der Waals surface area contributed by atoms with E-state index in [0.29, 0.717) is 6.04 Å². The molecule has 1 aromatic carbocycles. The predicted molar refractivity (Wildman–Crippen MR) is 48.4 cm³/mol. The number of hydrogen-bond donors (Lipinski definition) is 1. The molecule has 0 heterocycles. The van der Waals surface area contributed by atoms with Gasteiger partial charge in [-0.15, -0.1) is 0 Å². The summed E-state index contributed by atoms with van der Waals surface area (Å²) < 4.78 is 0. The molecule has 1 aromatic rings. The van der Waals surface area contributed by atoms with Gasteiger partial charge in [0.2, 0.25) is 0 Å². The summed E-state index contributed by atoms with van der Waals surface area (Å²) in [7, 11) is 1.93. The van der Waals surface area contributed by atoms with Crippen LogP contribution in [-0.4, -0.2) is 13.1 Å². The molecule has 1 heteroatoms. The van der Waals surface area contributed by atoms with Gasteiger partial charge in [-0.3, -0.25) is 0 Å². The Balaban J connectivity index is 2.51. The van der Waals surface area contributed by atoms with Gasteiger partial charge in [-0.25, -0.2) is 0 Å². The van der Waals surface area contributed by atoms with Gasteiger partial charge in [0.1, 0.15) is 0 Å². The summed E-state index contributed by atoms with van der Waals surface area (Å²) in [6.45, 7) is 3.94. The van der Waals surface area contributed by atoms with Crippen LogP contribution in [0.15, 0.2) is 30.3 Å². The van der Waals surface area contributed by atoms with E-state index in [2.05, 4.69) is 36.5 Å². The summed E-state index contributed by atoms with van der Waals surface area (Å²) >= 11 is 0. The zero-order valence-corrected chi connectivity index (χ0v) is 6.88. The maximum Gasteiger partial charge on any atom is 0.0105 e. The van der Waals surface area contributed by atoms with Crippen molar-refractivity contribution in [2.45, 2.75) is 12.5 Å². The monoisotopic (exact) mass is 148 g/mol. The Labute approximate surface area is 68.4 Å². The van der Waals surface area contributed by atoms with Crippen molar-refractivity contribution in [1.82, 2.24) is 5.32 Å². The molecule has 59 valence electrons. The van der Waals surface area contributed by atoms with E-state index in [-0.39, 0.29) is 0 Å². The molecule has 1 atom stereocenters. The molecule has 0 aliphatic rings. The number of nitrogens with one attached hydrogen (secondary N) is 1. The Hall–Kier alpha value is -0.820. The summed E-state index contributed by atoms with van der Waals surface area (Å²) in [4.78, 5) is 0. The van der Waals surface area contributed by atoms with Crippen LogP contribution >= 0.6 is 0 Å².